The lowest BCUT2D eigenvalue weighted by atomic mass is 9.94. The number of aryl methyl sites for hydroxylation is 4. The van der Waals surface area contributed by atoms with Gasteiger partial charge in [-0.1, -0.05) is 44.2 Å². The summed E-state index contributed by atoms with van der Waals surface area (Å²) in [5, 5.41) is 39.7. The first-order valence-corrected chi connectivity index (χ1v) is 29.1. The molecule has 8 atom stereocenters. The van der Waals surface area contributed by atoms with Crippen LogP contribution in [0.4, 0.5) is 0 Å². The van der Waals surface area contributed by atoms with Crippen molar-refractivity contribution in [3.05, 3.63) is 93.5 Å². The van der Waals surface area contributed by atoms with Gasteiger partial charge < -0.3 is 86.7 Å². The normalized spacial score (nSPS) is 15.1. The van der Waals surface area contributed by atoms with Crippen LogP contribution in [0.2, 0.25) is 0 Å². The van der Waals surface area contributed by atoms with Crippen LogP contribution in [0.5, 0.6) is 11.5 Å². The van der Waals surface area contributed by atoms with Gasteiger partial charge in [0.25, 0.3) is 0 Å². The standard InChI is InChI=1S/C60H88N16O12/c1-31(2)22-45(73-54(84)46(27-37-14-9-8-10-15-37)74-55(85)47(69-36(7)77)28-40-32(3)23-38(78)24-33(40)4)53(83)75-48(29-41-34(5)25-39(79)26-35(41)6)56(86)71-43(17-12-20-68-60(65)66)58(88)76-21-13-18-49(76)57(87)70-42(16-11-19-67-59(63)64)52(82)72-44(51(62)81)30-50(61)80/h8-10,14-15,23-26,31,42-49,78-79H,11-13,16-22,27-30H2,1-7H3,(H2,61,80)(H2,62,81)(H,69,77)(H,70,87)(H,71,86)(H,72,82)(H,73,84)(H,74,85)(H,75,83)(H4,63,64,67)(H4,65,66,68)/t42-,43-,44-,45-,46-,47-,48-,49-/m0/s1. The summed E-state index contributed by atoms with van der Waals surface area (Å²) >= 11 is 0. The Kier molecular flexibility index (Phi) is 27.4. The number of phenolic OH excluding ortho intramolecular Hbond substituents is 2. The molecule has 0 aliphatic carbocycles. The van der Waals surface area contributed by atoms with Crippen molar-refractivity contribution in [1.82, 2.24) is 42.1 Å². The fraction of sp³-hybridized carbons (Fsp3) is 0.500. The number of carbonyl (C=O) groups is 10. The number of hydrogen-bond acceptors (Lipinski definition) is 14. The van der Waals surface area contributed by atoms with Gasteiger partial charge in [0, 0.05) is 45.8 Å². The van der Waals surface area contributed by atoms with Gasteiger partial charge in [-0.25, -0.2) is 0 Å². The number of nitrogens with one attached hydrogen (secondary N) is 7. The Morgan fingerprint density at radius 3 is 1.43 bits per heavy atom. The molecule has 28 nitrogen and oxygen atoms in total. The molecule has 10 amide bonds. The van der Waals surface area contributed by atoms with Crippen LogP contribution in [-0.4, -0.2) is 154 Å². The molecular formula is C60H88N16O12. The molecule has 1 saturated heterocycles. The van der Waals surface area contributed by atoms with Crippen molar-refractivity contribution in [3.8, 4) is 11.5 Å². The zero-order valence-corrected chi connectivity index (χ0v) is 51.1. The number of carbonyl (C=O) groups excluding carboxylic acids is 10. The van der Waals surface area contributed by atoms with Gasteiger partial charge in [0.15, 0.2) is 11.9 Å². The largest absolute Gasteiger partial charge is 0.508 e. The van der Waals surface area contributed by atoms with Crippen LogP contribution in [0, 0.1) is 33.6 Å². The van der Waals surface area contributed by atoms with E-state index in [2.05, 4.69) is 47.2 Å². The Hall–Kier alpha value is -9.50. The van der Waals surface area contributed by atoms with Crippen LogP contribution in [0.3, 0.4) is 0 Å². The van der Waals surface area contributed by atoms with Crippen molar-refractivity contribution >= 4 is 71.0 Å². The van der Waals surface area contributed by atoms with Crippen LogP contribution in [0.15, 0.2) is 64.6 Å². The van der Waals surface area contributed by atoms with Gasteiger partial charge in [-0.2, -0.15) is 0 Å². The van der Waals surface area contributed by atoms with E-state index in [1.165, 1.54) is 36.1 Å². The van der Waals surface area contributed by atoms with E-state index in [4.69, 9.17) is 34.4 Å². The predicted molar refractivity (Wildman–Crippen MR) is 329 cm³/mol. The number of primary amides is 2. The third kappa shape index (κ3) is 22.7. The molecule has 0 radical (unpaired) electrons. The number of likely N-dealkylation sites (tertiary alicyclic amines) is 1. The fourth-order valence-corrected chi connectivity index (χ4v) is 10.5. The molecule has 0 bridgehead atoms. The van der Waals surface area contributed by atoms with Crippen LogP contribution < -0.4 is 71.6 Å². The summed E-state index contributed by atoms with van der Waals surface area (Å²) in [5.74, 6) is -8.78. The molecule has 4 rings (SSSR count). The van der Waals surface area contributed by atoms with Crippen molar-refractivity contribution in [3.63, 3.8) is 0 Å². The molecule has 28 heteroatoms. The van der Waals surface area contributed by atoms with E-state index in [0.717, 1.165) is 0 Å². The summed E-state index contributed by atoms with van der Waals surface area (Å²) in [4.78, 5) is 148. The summed E-state index contributed by atoms with van der Waals surface area (Å²) in [7, 11) is 0. The summed E-state index contributed by atoms with van der Waals surface area (Å²) in [6.45, 7) is 11.9. The van der Waals surface area contributed by atoms with Crippen molar-refractivity contribution in [2.75, 3.05) is 19.6 Å². The highest BCUT2D eigenvalue weighted by molar-refractivity contribution is 5.99. The maximum Gasteiger partial charge on any atom is 0.245 e. The molecule has 0 spiro atoms. The number of phenols is 2. The lowest BCUT2D eigenvalue weighted by Crippen LogP contribution is -2.61. The topological polar surface area (TPSA) is 479 Å². The maximum atomic E-state index is 15.1. The second-order valence-electron chi connectivity index (χ2n) is 22.6. The lowest BCUT2D eigenvalue weighted by molar-refractivity contribution is -0.142. The van der Waals surface area contributed by atoms with E-state index in [1.807, 2.05) is 13.8 Å². The third-order valence-corrected chi connectivity index (χ3v) is 14.8. The van der Waals surface area contributed by atoms with E-state index in [1.54, 1.807) is 58.0 Å². The number of rotatable bonds is 33. The van der Waals surface area contributed by atoms with Crippen LogP contribution in [0.1, 0.15) is 111 Å². The molecule has 1 aliphatic heterocycles. The minimum atomic E-state index is -1.52. The molecule has 21 N–H and O–H groups in total. The van der Waals surface area contributed by atoms with Crippen molar-refractivity contribution in [2.45, 2.75) is 167 Å². The van der Waals surface area contributed by atoms with Gasteiger partial charge in [0.1, 0.15) is 59.8 Å². The minimum Gasteiger partial charge on any atom is -0.508 e. The Balaban J connectivity index is 1.71. The number of aliphatic imine (C=N–C) groups is 2. The summed E-state index contributed by atoms with van der Waals surface area (Å²) in [6, 6.07) is 4.05. The fourth-order valence-electron chi connectivity index (χ4n) is 10.5. The molecule has 3 aromatic rings. The highest BCUT2D eigenvalue weighted by Gasteiger charge is 2.41. The number of guanidine groups is 2. The molecule has 480 valence electrons. The van der Waals surface area contributed by atoms with Gasteiger partial charge in [0.05, 0.1) is 6.42 Å². The van der Waals surface area contributed by atoms with Crippen molar-refractivity contribution < 1.29 is 58.2 Å². The van der Waals surface area contributed by atoms with E-state index in [0.29, 0.717) is 45.4 Å². The monoisotopic (exact) mass is 1220 g/mol. The molecule has 1 aliphatic rings. The van der Waals surface area contributed by atoms with Gasteiger partial charge in [-0.3, -0.25) is 57.9 Å². The average molecular weight is 1230 g/mol. The van der Waals surface area contributed by atoms with Gasteiger partial charge in [-0.05, 0) is 142 Å². The second kappa shape index (κ2) is 34.0. The van der Waals surface area contributed by atoms with E-state index in [-0.39, 0.29) is 107 Å². The zero-order valence-electron chi connectivity index (χ0n) is 51.1. The average Bonchev–Trinajstić information content (AvgIpc) is 2.99. The molecule has 0 saturated carbocycles. The Morgan fingerprint density at radius 1 is 0.557 bits per heavy atom. The Labute approximate surface area is 512 Å². The number of amides is 10. The first kappa shape index (κ1) is 71.0. The van der Waals surface area contributed by atoms with Crippen LogP contribution in [0.25, 0.3) is 0 Å². The smallest absolute Gasteiger partial charge is 0.245 e. The van der Waals surface area contributed by atoms with Gasteiger partial charge in [-0.15, -0.1) is 0 Å². The van der Waals surface area contributed by atoms with Crippen molar-refractivity contribution in [2.24, 2.45) is 50.3 Å². The molecule has 3 aromatic carbocycles. The summed E-state index contributed by atoms with van der Waals surface area (Å²) in [5.41, 5.74) is 37.3. The van der Waals surface area contributed by atoms with Gasteiger partial charge >= 0.3 is 0 Å². The predicted octanol–water partition coefficient (Wildman–Crippen LogP) is -1.72. The summed E-state index contributed by atoms with van der Waals surface area (Å²) in [6.07, 6.45) is -0.297. The SMILES string of the molecule is CC(=O)N[C@@H](Cc1c(C)cc(O)cc1C)C(=O)N[C@@H](Cc1ccccc1)C(=O)N[C@@H](CC(C)C)C(=O)N[C@@H](Cc1c(C)cc(O)cc1C)C(=O)N[C@@H](CCCN=C(N)N)C(=O)N1CCC[C@H]1C(=O)N[C@@H](CCCN=C(N)N)C(=O)N[C@@H](CC(N)=O)C(N)=O. The first-order valence-electron chi connectivity index (χ1n) is 29.1. The highest BCUT2D eigenvalue weighted by Crippen LogP contribution is 2.25. The van der Waals surface area contributed by atoms with E-state index in [9.17, 15) is 53.4 Å². The number of aromatic hydroxyl groups is 2. The number of nitrogens with zero attached hydrogens (tertiary/aromatic N) is 3. The third-order valence-electron chi connectivity index (χ3n) is 14.8. The Bertz CT molecular complexity index is 3010. The molecule has 1 fully saturated rings. The zero-order chi connectivity index (χ0) is 65.5. The lowest BCUT2D eigenvalue weighted by Gasteiger charge is -2.31. The van der Waals surface area contributed by atoms with Crippen molar-refractivity contribution in [1.29, 1.82) is 0 Å². The summed E-state index contributed by atoms with van der Waals surface area (Å²) < 4.78 is 0. The molecule has 0 aromatic heterocycles. The Morgan fingerprint density at radius 2 is 0.977 bits per heavy atom. The number of hydrogen-bond donors (Lipinski definition) is 15. The second-order valence-corrected chi connectivity index (χ2v) is 22.6. The first-order chi connectivity index (χ1) is 41.4. The molecular weight excluding hydrogens is 1140 g/mol. The highest BCUT2D eigenvalue weighted by atomic mass is 16.3. The van der Waals surface area contributed by atoms with E-state index < -0.39 is 114 Å². The van der Waals surface area contributed by atoms with Crippen LogP contribution in [-0.2, 0) is 67.2 Å². The number of benzene rings is 3. The van der Waals surface area contributed by atoms with Crippen LogP contribution >= 0.6 is 0 Å². The maximum absolute atomic E-state index is 15.1. The van der Waals surface area contributed by atoms with Gasteiger partial charge in [0.2, 0.25) is 59.1 Å². The number of nitrogens with two attached hydrogens (primary N) is 6. The molecule has 0 unspecified atom stereocenters. The molecule has 1 heterocycles. The van der Waals surface area contributed by atoms with E-state index >= 15 is 4.79 Å². The molecule has 88 heavy (non-hydrogen) atoms. The quantitative estimate of drug-likeness (QED) is 0.0183. The minimum absolute atomic E-state index is 0.00853.